The van der Waals surface area contributed by atoms with E-state index >= 15 is 0 Å². The number of thioether (sulfide) groups is 3. The summed E-state index contributed by atoms with van der Waals surface area (Å²) in [5.74, 6) is 5.04. The molecule has 0 saturated heterocycles. The Morgan fingerprint density at radius 1 is 0.362 bits per heavy atom. The van der Waals surface area contributed by atoms with Crippen LogP contribution in [0.2, 0.25) is 0 Å². The van der Waals surface area contributed by atoms with Crippen LogP contribution in [-0.2, 0) is 4.99 Å². The zero-order valence-electron chi connectivity index (χ0n) is 44.5. The Bertz CT molecular complexity index is 4200. The molecule has 1 atom stereocenters. The predicted molar refractivity (Wildman–Crippen MR) is 341 cm³/mol. The van der Waals surface area contributed by atoms with Crippen LogP contribution in [0, 0.1) is 0 Å². The predicted octanol–water partition coefficient (Wildman–Crippen LogP) is 17.4. The monoisotopic (exact) mass is 1110 g/mol. The van der Waals surface area contributed by atoms with Crippen molar-refractivity contribution in [2.75, 3.05) is 0 Å². The van der Waals surface area contributed by atoms with Crippen molar-refractivity contribution >= 4 is 131 Å². The van der Waals surface area contributed by atoms with Gasteiger partial charge >= 0.3 is 0 Å². The number of aliphatic imine (C=N–C) groups is 7. The first kappa shape index (κ1) is 48.4. The summed E-state index contributed by atoms with van der Waals surface area (Å²) >= 11 is 8.02. The lowest BCUT2D eigenvalue weighted by Crippen LogP contribution is -2.33. The van der Waals surface area contributed by atoms with Crippen LogP contribution in [0.1, 0.15) is 147 Å². The van der Waals surface area contributed by atoms with Crippen molar-refractivity contribution in [3.63, 3.8) is 0 Å². The molecule has 8 aromatic carbocycles. The molecule has 4 aliphatic carbocycles. The van der Waals surface area contributed by atoms with Gasteiger partial charge in [-0.15, -0.1) is 23.5 Å². The first-order valence-electron chi connectivity index (χ1n) is 29.4. The largest absolute Gasteiger partial charge is 0.250 e. The molecule has 0 amide bonds. The van der Waals surface area contributed by atoms with Gasteiger partial charge in [-0.3, -0.25) is 0 Å². The average Bonchev–Trinajstić information content (AvgIpc) is 4.43. The summed E-state index contributed by atoms with van der Waals surface area (Å²) in [6, 6.07) is 49.3. The number of fused-ring (bicyclic) bond motifs is 20. The Hall–Kier alpha value is -6.31. The molecule has 8 bridgehead atoms. The van der Waals surface area contributed by atoms with E-state index in [4.69, 9.17) is 34.9 Å². The first-order valence-corrected chi connectivity index (χ1v) is 32.8. The van der Waals surface area contributed by atoms with E-state index in [9.17, 15) is 0 Å². The Kier molecular flexibility index (Phi) is 11.8. The lowest BCUT2D eigenvalue weighted by Gasteiger charge is -2.30. The molecule has 0 radical (unpaired) electrons. The van der Waals surface area contributed by atoms with E-state index in [2.05, 4.69) is 161 Å². The van der Waals surface area contributed by atoms with Crippen molar-refractivity contribution in [2.45, 2.75) is 139 Å². The molecule has 5 aliphatic heterocycles. The van der Waals surface area contributed by atoms with Crippen molar-refractivity contribution in [3.8, 4) is 0 Å². The van der Waals surface area contributed by atoms with Crippen molar-refractivity contribution in [2.24, 2.45) is 34.9 Å². The van der Waals surface area contributed by atoms with Crippen LogP contribution in [0.15, 0.2) is 178 Å². The number of hydrogen-bond acceptors (Lipinski definition) is 12. The number of nitrogens with zero attached hydrogens (tertiary/aromatic N) is 8. The number of hydrogen-bond donors (Lipinski definition) is 0. The maximum Gasteiger partial charge on any atom is 0.229 e. The molecule has 12 heteroatoms. The SMILES string of the molecule is c1ccc2cc3c(cc2c1)C1=NC3=NC2(SC3CCCC3)N=C(N=C3N=C(c4cc5ccccc5cc43)N(SC3CCCC3)C3=NC(=N1)c1cc4ccccc4cc13)c1c2c(SC2CCCC2)c2ccccc2c1SC1CCCC1. The van der Waals surface area contributed by atoms with Gasteiger partial charge in [0.25, 0.3) is 0 Å². The standard InChI is InChI=1S/C68H58N8S4/c1-2-18-40-34-52-51(33-39(40)17-1)61-69-62-53-35-41-19-3-5-21-43(41)37-55(53)66(72-62)76(80-48-29-13-14-30-48)67-56-38-44-22-6-4-20-42(44)36-54(56)63(73-67)71-65-57-58(68(75-65,74-64(52)70-61)79-47-27-11-12-28-47)60(78-46-25-9-10-26-46)50-32-16-15-31-49(50)59(57)77-45-23-7-8-24-45/h1-6,15-22,31-38,45-48H,7-14,23-30H2. The van der Waals surface area contributed by atoms with Crippen LogP contribution in [0.4, 0.5) is 0 Å². The van der Waals surface area contributed by atoms with Crippen molar-refractivity contribution in [1.82, 2.24) is 4.31 Å². The fraction of sp³-hybridized carbons (Fsp3) is 0.309. The normalized spacial score (nSPS) is 21.8. The zero-order chi connectivity index (χ0) is 52.5. The van der Waals surface area contributed by atoms with Crippen molar-refractivity contribution in [1.29, 1.82) is 0 Å². The molecule has 1 unspecified atom stereocenters. The summed E-state index contributed by atoms with van der Waals surface area (Å²) in [5, 5.41) is 11.2. The molecule has 394 valence electrons. The van der Waals surface area contributed by atoms with Gasteiger partial charge in [0.15, 0.2) is 40.8 Å². The third-order valence-corrected chi connectivity index (χ3v) is 23.9. The number of benzene rings is 8. The lowest BCUT2D eigenvalue weighted by molar-refractivity contribution is 0.692. The fourth-order valence-electron chi connectivity index (χ4n) is 14.1. The first-order chi connectivity index (χ1) is 39.5. The highest BCUT2D eigenvalue weighted by molar-refractivity contribution is 8.01. The topological polar surface area (TPSA) is 89.8 Å². The number of rotatable bonds is 8. The summed E-state index contributed by atoms with van der Waals surface area (Å²) in [5.41, 5.74) is 8.37. The van der Waals surface area contributed by atoms with Gasteiger partial charge in [-0.25, -0.2) is 39.3 Å². The maximum absolute atomic E-state index is 6.25. The second-order valence-electron chi connectivity index (χ2n) is 23.2. The summed E-state index contributed by atoms with van der Waals surface area (Å²) in [6.45, 7) is 0. The van der Waals surface area contributed by atoms with Gasteiger partial charge in [0.1, 0.15) is 0 Å². The van der Waals surface area contributed by atoms with Gasteiger partial charge in [0.2, 0.25) is 4.99 Å². The third-order valence-electron chi connectivity index (χ3n) is 18.1. The van der Waals surface area contributed by atoms with Gasteiger partial charge in [-0.2, -0.15) is 0 Å². The molecule has 17 rings (SSSR count). The second-order valence-corrected chi connectivity index (χ2v) is 28.6. The van der Waals surface area contributed by atoms with Gasteiger partial charge in [0.05, 0.1) is 0 Å². The van der Waals surface area contributed by atoms with Gasteiger partial charge in [-0.1, -0.05) is 160 Å². The molecule has 80 heavy (non-hydrogen) atoms. The van der Waals surface area contributed by atoms with Gasteiger partial charge in [0, 0.05) is 75.3 Å². The summed E-state index contributed by atoms with van der Waals surface area (Å²) < 4.78 is 2.38. The van der Waals surface area contributed by atoms with E-state index in [0.717, 1.165) is 109 Å². The molecule has 8 nitrogen and oxygen atoms in total. The van der Waals surface area contributed by atoms with Crippen LogP contribution >= 0.6 is 47.2 Å². The van der Waals surface area contributed by atoms with E-state index in [-0.39, 0.29) is 0 Å². The fourth-order valence-corrected chi connectivity index (χ4v) is 20.2. The molecular formula is C68H58N8S4. The third kappa shape index (κ3) is 8.07. The highest BCUT2D eigenvalue weighted by atomic mass is 32.2. The molecule has 0 aromatic heterocycles. The molecule has 5 heterocycles. The van der Waals surface area contributed by atoms with Crippen LogP contribution in [0.25, 0.3) is 43.1 Å². The van der Waals surface area contributed by atoms with Crippen molar-refractivity contribution in [3.05, 3.63) is 178 Å². The minimum atomic E-state index is -1.12. The Morgan fingerprint density at radius 3 is 1.24 bits per heavy atom. The minimum absolute atomic E-state index is 0.346. The highest BCUT2D eigenvalue weighted by Gasteiger charge is 2.50. The second kappa shape index (κ2) is 19.4. The van der Waals surface area contributed by atoms with Crippen LogP contribution in [0.5, 0.6) is 0 Å². The Balaban J connectivity index is 1.02. The summed E-state index contributed by atoms with van der Waals surface area (Å²) in [6.07, 6.45) is 19.2. The van der Waals surface area contributed by atoms with Crippen molar-refractivity contribution < 1.29 is 0 Å². The van der Waals surface area contributed by atoms with E-state index in [1.807, 2.05) is 23.7 Å². The van der Waals surface area contributed by atoms with E-state index in [0.29, 0.717) is 44.3 Å². The summed E-state index contributed by atoms with van der Waals surface area (Å²) in [7, 11) is 0. The molecular weight excluding hydrogens is 1060 g/mol. The summed E-state index contributed by atoms with van der Waals surface area (Å²) in [4.78, 5) is 43.1. The minimum Gasteiger partial charge on any atom is -0.250 e. The van der Waals surface area contributed by atoms with E-state index in [1.54, 1.807) is 0 Å². The molecule has 4 fully saturated rings. The smallest absolute Gasteiger partial charge is 0.229 e. The molecule has 0 spiro atoms. The Labute approximate surface area is 483 Å². The molecule has 4 saturated carbocycles. The van der Waals surface area contributed by atoms with Crippen LogP contribution < -0.4 is 0 Å². The van der Waals surface area contributed by atoms with Gasteiger partial charge < -0.3 is 0 Å². The quantitative estimate of drug-likeness (QED) is 0.141. The maximum atomic E-state index is 6.25. The average molecular weight is 1120 g/mol. The van der Waals surface area contributed by atoms with Crippen LogP contribution in [0.3, 0.4) is 0 Å². The van der Waals surface area contributed by atoms with E-state index < -0.39 is 4.99 Å². The molecule has 8 aromatic rings. The van der Waals surface area contributed by atoms with Crippen LogP contribution in [-0.4, -0.2) is 66.2 Å². The van der Waals surface area contributed by atoms with E-state index in [1.165, 1.54) is 109 Å². The molecule has 9 aliphatic rings. The zero-order valence-corrected chi connectivity index (χ0v) is 47.8. The van der Waals surface area contributed by atoms with Gasteiger partial charge in [-0.05, 0) is 143 Å². The Morgan fingerprint density at radius 2 is 0.725 bits per heavy atom. The highest BCUT2D eigenvalue weighted by Crippen LogP contribution is 2.60. The lowest BCUT2D eigenvalue weighted by atomic mass is 9.98. The number of amidine groups is 7. The molecule has 0 N–H and O–H groups in total.